The van der Waals surface area contributed by atoms with Crippen LogP contribution in [0, 0.1) is 0 Å². The van der Waals surface area contributed by atoms with Crippen molar-refractivity contribution in [3.8, 4) is 0 Å². The highest BCUT2D eigenvalue weighted by atomic mass is 32.2. The third-order valence-electron chi connectivity index (χ3n) is 1.73. The van der Waals surface area contributed by atoms with Crippen molar-refractivity contribution >= 4 is 11.8 Å². The summed E-state index contributed by atoms with van der Waals surface area (Å²) in [5.41, 5.74) is 5.72. The Morgan fingerprint density at radius 3 is 2.43 bits per heavy atom. The average Bonchev–Trinajstić information content (AvgIpc) is 2.18. The van der Waals surface area contributed by atoms with Gasteiger partial charge in [0.15, 0.2) is 0 Å². The van der Waals surface area contributed by atoms with E-state index in [4.69, 9.17) is 25.8 Å². The minimum Gasteiger partial charge on any atom is -0.395 e. The van der Waals surface area contributed by atoms with Crippen LogP contribution in [0.2, 0.25) is 0 Å². The van der Waals surface area contributed by atoms with Gasteiger partial charge < -0.3 is 25.8 Å². The van der Waals surface area contributed by atoms with Crippen molar-refractivity contribution < 1.29 is 20.1 Å². The van der Waals surface area contributed by atoms with Gasteiger partial charge in [-0.3, -0.25) is 0 Å². The summed E-state index contributed by atoms with van der Waals surface area (Å²) in [7, 11) is 1.54. The predicted molar refractivity (Wildman–Crippen MR) is 56.3 cm³/mol. The molecular formula is C8H19NO4S. The molecule has 0 rings (SSSR count). The fourth-order valence-corrected chi connectivity index (χ4v) is 1.90. The average molecular weight is 225 g/mol. The monoisotopic (exact) mass is 225 g/mol. The molecule has 0 heterocycles. The molecule has 6 heteroatoms. The van der Waals surface area contributed by atoms with Crippen molar-refractivity contribution in [1.29, 1.82) is 0 Å². The minimum atomic E-state index is -0.760. The Kier molecular flexibility index (Phi) is 8.55. The number of hydrogen-bond acceptors (Lipinski definition) is 6. The maximum atomic E-state index is 9.09. The molecule has 0 aromatic carbocycles. The van der Waals surface area contributed by atoms with Crippen molar-refractivity contribution in [2.24, 2.45) is 5.73 Å². The fraction of sp³-hybridized carbons (Fsp3) is 1.00. The Morgan fingerprint density at radius 1 is 1.36 bits per heavy atom. The Balaban J connectivity index is 3.77. The zero-order valence-electron chi connectivity index (χ0n) is 8.30. The van der Waals surface area contributed by atoms with Crippen LogP contribution in [-0.2, 0) is 4.74 Å². The maximum Gasteiger partial charge on any atom is 0.0861 e. The van der Waals surface area contributed by atoms with Crippen LogP contribution < -0.4 is 5.73 Å². The van der Waals surface area contributed by atoms with E-state index >= 15 is 0 Å². The van der Waals surface area contributed by atoms with Crippen molar-refractivity contribution in [2.45, 2.75) is 17.4 Å². The number of aliphatic hydroxyl groups is 3. The smallest absolute Gasteiger partial charge is 0.0861 e. The van der Waals surface area contributed by atoms with Gasteiger partial charge in [0.25, 0.3) is 0 Å². The topological polar surface area (TPSA) is 95.9 Å². The lowest BCUT2D eigenvalue weighted by atomic mass is 10.2. The third-order valence-corrected chi connectivity index (χ3v) is 3.23. The zero-order valence-corrected chi connectivity index (χ0v) is 9.11. The third kappa shape index (κ3) is 5.79. The number of nitrogens with two attached hydrogens (primary N) is 1. The second kappa shape index (κ2) is 8.46. The highest BCUT2D eigenvalue weighted by molar-refractivity contribution is 8.00. The first kappa shape index (κ1) is 14.2. The molecule has 86 valence electrons. The molecule has 5 nitrogen and oxygen atoms in total. The fourth-order valence-electron chi connectivity index (χ4n) is 0.899. The lowest BCUT2D eigenvalue weighted by Crippen LogP contribution is -2.39. The van der Waals surface area contributed by atoms with Gasteiger partial charge in [0.1, 0.15) is 0 Å². The number of ether oxygens (including phenoxy) is 1. The number of hydrogen-bond donors (Lipinski definition) is 4. The highest BCUT2D eigenvalue weighted by Gasteiger charge is 2.18. The molecule has 3 unspecified atom stereocenters. The molecule has 0 amide bonds. The van der Waals surface area contributed by atoms with Gasteiger partial charge in [0, 0.05) is 24.2 Å². The van der Waals surface area contributed by atoms with Crippen LogP contribution in [0.3, 0.4) is 0 Å². The van der Waals surface area contributed by atoms with E-state index in [0.717, 1.165) is 0 Å². The molecule has 0 aliphatic rings. The molecule has 0 spiro atoms. The highest BCUT2D eigenvalue weighted by Crippen LogP contribution is 2.14. The molecule has 0 radical (unpaired) electrons. The van der Waals surface area contributed by atoms with Crippen molar-refractivity contribution in [3.05, 3.63) is 0 Å². The minimum absolute atomic E-state index is 0.0622. The van der Waals surface area contributed by atoms with Crippen LogP contribution in [-0.4, -0.2) is 65.4 Å². The van der Waals surface area contributed by atoms with E-state index in [0.29, 0.717) is 12.4 Å². The van der Waals surface area contributed by atoms with E-state index < -0.39 is 6.10 Å². The summed E-state index contributed by atoms with van der Waals surface area (Å²) in [6.07, 6.45) is -0.760. The van der Waals surface area contributed by atoms with Crippen molar-refractivity contribution in [1.82, 2.24) is 0 Å². The van der Waals surface area contributed by atoms with Gasteiger partial charge in [-0.2, -0.15) is 11.8 Å². The first-order valence-corrected chi connectivity index (χ1v) is 5.46. The second-order valence-electron chi connectivity index (χ2n) is 3.01. The largest absolute Gasteiger partial charge is 0.395 e. The molecule has 0 aromatic rings. The number of methoxy groups -OCH3 is 1. The van der Waals surface area contributed by atoms with E-state index in [-0.39, 0.29) is 24.5 Å². The van der Waals surface area contributed by atoms with Gasteiger partial charge in [-0.05, 0) is 0 Å². The molecule has 14 heavy (non-hydrogen) atoms. The Morgan fingerprint density at radius 2 is 2.00 bits per heavy atom. The van der Waals surface area contributed by atoms with Gasteiger partial charge in [0.05, 0.1) is 25.9 Å². The quantitative estimate of drug-likeness (QED) is 0.398. The standard InChI is InChI=1S/C8H19NO4S/c1-13-4-7(9)8(3-11)14-5-6(12)2-10/h6-8,10-12H,2-5,9H2,1H3. The van der Waals surface area contributed by atoms with Crippen LogP contribution >= 0.6 is 11.8 Å². The van der Waals surface area contributed by atoms with Gasteiger partial charge in [-0.15, -0.1) is 0 Å². The predicted octanol–water partition coefficient (Wildman–Crippen LogP) is -1.59. The second-order valence-corrected chi connectivity index (χ2v) is 4.28. The molecule has 5 N–H and O–H groups in total. The van der Waals surface area contributed by atoms with Gasteiger partial charge in [-0.1, -0.05) is 0 Å². The summed E-state index contributed by atoms with van der Waals surface area (Å²) in [5, 5.41) is 26.5. The summed E-state index contributed by atoms with van der Waals surface area (Å²) in [4.78, 5) is 0. The normalized spacial score (nSPS) is 17.8. The molecule has 0 aliphatic heterocycles. The molecule has 0 aromatic heterocycles. The van der Waals surface area contributed by atoms with Gasteiger partial charge in [-0.25, -0.2) is 0 Å². The SMILES string of the molecule is COCC(N)C(CO)SCC(O)CO. The summed E-state index contributed by atoms with van der Waals surface area (Å²) in [6, 6.07) is -0.263. The van der Waals surface area contributed by atoms with Crippen molar-refractivity contribution in [2.75, 3.05) is 32.7 Å². The van der Waals surface area contributed by atoms with Crippen molar-refractivity contribution in [3.63, 3.8) is 0 Å². The summed E-state index contributed by atoms with van der Waals surface area (Å²) in [5.74, 6) is 0.360. The van der Waals surface area contributed by atoms with Gasteiger partial charge >= 0.3 is 0 Å². The number of aliphatic hydroxyl groups excluding tert-OH is 3. The lowest BCUT2D eigenvalue weighted by molar-refractivity contribution is 0.113. The zero-order chi connectivity index (χ0) is 11.0. The Labute approximate surface area is 88.3 Å². The Bertz CT molecular complexity index is 139. The summed E-state index contributed by atoms with van der Waals surface area (Å²) in [6.45, 7) is 0.0332. The van der Waals surface area contributed by atoms with Crippen LogP contribution in [0.15, 0.2) is 0 Å². The lowest BCUT2D eigenvalue weighted by Gasteiger charge is -2.21. The van der Waals surface area contributed by atoms with Crippen LogP contribution in [0.4, 0.5) is 0 Å². The van der Waals surface area contributed by atoms with E-state index in [1.807, 2.05) is 0 Å². The maximum absolute atomic E-state index is 9.09. The molecule has 0 aliphatic carbocycles. The number of rotatable bonds is 8. The molecule has 0 fully saturated rings. The molecule has 0 saturated heterocycles. The first-order chi connectivity index (χ1) is 6.65. The summed E-state index contributed by atoms with van der Waals surface area (Å²) >= 11 is 1.34. The summed E-state index contributed by atoms with van der Waals surface area (Å²) < 4.78 is 4.86. The first-order valence-electron chi connectivity index (χ1n) is 4.41. The van der Waals surface area contributed by atoms with Gasteiger partial charge in [0.2, 0.25) is 0 Å². The Hall–Kier alpha value is 0.150. The molecule has 0 bridgehead atoms. The molecule has 0 saturated carbocycles. The van der Waals surface area contributed by atoms with Crippen LogP contribution in [0.5, 0.6) is 0 Å². The van der Waals surface area contributed by atoms with Crippen LogP contribution in [0.25, 0.3) is 0 Å². The van der Waals surface area contributed by atoms with E-state index in [9.17, 15) is 0 Å². The van der Waals surface area contributed by atoms with Crippen LogP contribution in [0.1, 0.15) is 0 Å². The number of thioether (sulfide) groups is 1. The van der Waals surface area contributed by atoms with E-state index in [1.54, 1.807) is 7.11 Å². The molecular weight excluding hydrogens is 206 g/mol. The van der Waals surface area contributed by atoms with E-state index in [2.05, 4.69) is 0 Å². The van der Waals surface area contributed by atoms with E-state index in [1.165, 1.54) is 11.8 Å². The molecule has 3 atom stereocenters.